The SMILES string of the molecule is CCOC(=O)[C@@H]1[C@H]2NC(=S)N(c3cccc(Cl)c3)[C@@]1(C)Oc1ccc(Br)cc12. The van der Waals surface area contributed by atoms with Crippen molar-refractivity contribution < 1.29 is 14.3 Å². The number of nitrogens with zero attached hydrogens (tertiary/aromatic N) is 1. The highest BCUT2D eigenvalue weighted by Gasteiger charge is 2.59. The Balaban J connectivity index is 1.90. The highest BCUT2D eigenvalue weighted by molar-refractivity contribution is 9.10. The van der Waals surface area contributed by atoms with Gasteiger partial charge in [0.25, 0.3) is 0 Å². The number of carbonyl (C=O) groups is 1. The minimum absolute atomic E-state index is 0.283. The molecule has 0 spiro atoms. The quantitative estimate of drug-likeness (QED) is 0.501. The number of anilines is 1. The molecule has 2 aromatic rings. The second-order valence-corrected chi connectivity index (χ2v) is 8.55. The van der Waals surface area contributed by atoms with Gasteiger partial charge in [0.2, 0.25) is 5.72 Å². The maximum absolute atomic E-state index is 13.0. The van der Waals surface area contributed by atoms with Crippen molar-refractivity contribution in [1.82, 2.24) is 5.32 Å². The predicted molar refractivity (Wildman–Crippen MR) is 116 cm³/mol. The van der Waals surface area contributed by atoms with Crippen LogP contribution >= 0.6 is 39.7 Å². The van der Waals surface area contributed by atoms with E-state index in [1.165, 1.54) is 0 Å². The van der Waals surface area contributed by atoms with E-state index in [2.05, 4.69) is 21.2 Å². The second kappa shape index (κ2) is 7.21. The highest BCUT2D eigenvalue weighted by atomic mass is 79.9. The molecule has 0 saturated carbocycles. The molecule has 4 rings (SSSR count). The highest BCUT2D eigenvalue weighted by Crippen LogP contribution is 2.50. The van der Waals surface area contributed by atoms with Crippen LogP contribution in [-0.4, -0.2) is 23.4 Å². The Labute approximate surface area is 182 Å². The van der Waals surface area contributed by atoms with E-state index in [0.717, 1.165) is 15.7 Å². The summed E-state index contributed by atoms with van der Waals surface area (Å²) in [4.78, 5) is 14.8. The van der Waals surface area contributed by atoms with Gasteiger partial charge in [-0.3, -0.25) is 9.69 Å². The zero-order chi connectivity index (χ0) is 20.1. The lowest BCUT2D eigenvalue weighted by molar-refractivity contribution is -0.159. The minimum atomic E-state index is -1.08. The summed E-state index contributed by atoms with van der Waals surface area (Å²) in [5.41, 5.74) is 0.518. The summed E-state index contributed by atoms with van der Waals surface area (Å²) in [5.74, 6) is -0.291. The van der Waals surface area contributed by atoms with E-state index in [-0.39, 0.29) is 18.6 Å². The van der Waals surface area contributed by atoms with Gasteiger partial charge >= 0.3 is 5.97 Å². The van der Waals surface area contributed by atoms with Crippen molar-refractivity contribution in [3.8, 4) is 5.75 Å². The fourth-order valence-electron chi connectivity index (χ4n) is 3.95. The summed E-state index contributed by atoms with van der Waals surface area (Å²) in [6, 6.07) is 12.7. The van der Waals surface area contributed by atoms with Crippen LogP contribution in [0.25, 0.3) is 0 Å². The van der Waals surface area contributed by atoms with Gasteiger partial charge in [0.05, 0.1) is 12.6 Å². The van der Waals surface area contributed by atoms with Crippen molar-refractivity contribution in [1.29, 1.82) is 0 Å². The van der Waals surface area contributed by atoms with Crippen LogP contribution in [0.3, 0.4) is 0 Å². The van der Waals surface area contributed by atoms with Gasteiger partial charge in [0, 0.05) is 20.7 Å². The molecule has 28 heavy (non-hydrogen) atoms. The number of carbonyl (C=O) groups excluding carboxylic acids is 1. The Bertz CT molecular complexity index is 972. The van der Waals surface area contributed by atoms with E-state index in [0.29, 0.717) is 15.9 Å². The molecule has 2 aromatic carbocycles. The predicted octanol–water partition coefficient (Wildman–Crippen LogP) is 4.83. The number of esters is 1. The van der Waals surface area contributed by atoms with Gasteiger partial charge in [0.15, 0.2) is 5.11 Å². The molecule has 5 nitrogen and oxygen atoms in total. The van der Waals surface area contributed by atoms with Crippen LogP contribution in [0.4, 0.5) is 5.69 Å². The number of nitrogens with one attached hydrogen (secondary N) is 1. The van der Waals surface area contributed by atoms with E-state index in [9.17, 15) is 4.79 Å². The van der Waals surface area contributed by atoms with Gasteiger partial charge in [-0.25, -0.2) is 0 Å². The van der Waals surface area contributed by atoms with Gasteiger partial charge < -0.3 is 14.8 Å². The Morgan fingerprint density at radius 3 is 2.89 bits per heavy atom. The molecule has 0 aliphatic carbocycles. The van der Waals surface area contributed by atoms with Crippen molar-refractivity contribution in [3.63, 3.8) is 0 Å². The summed E-state index contributed by atoms with van der Waals surface area (Å²) in [5, 5.41) is 4.35. The molecule has 2 bridgehead atoms. The Morgan fingerprint density at radius 2 is 2.18 bits per heavy atom. The van der Waals surface area contributed by atoms with Crippen LogP contribution in [0, 0.1) is 5.92 Å². The van der Waals surface area contributed by atoms with Crippen molar-refractivity contribution in [2.75, 3.05) is 11.5 Å². The average Bonchev–Trinajstić information content (AvgIpc) is 2.62. The third-order valence-corrected chi connectivity index (χ3v) is 6.10. The Kier molecular flexibility index (Phi) is 5.02. The van der Waals surface area contributed by atoms with Crippen molar-refractivity contribution in [2.24, 2.45) is 5.92 Å². The molecule has 0 amide bonds. The van der Waals surface area contributed by atoms with Crippen LogP contribution in [0.15, 0.2) is 46.9 Å². The van der Waals surface area contributed by atoms with Crippen LogP contribution in [0.5, 0.6) is 5.75 Å². The lowest BCUT2D eigenvalue weighted by Gasteiger charge is -2.55. The lowest BCUT2D eigenvalue weighted by Crippen LogP contribution is -2.71. The smallest absolute Gasteiger partial charge is 0.317 e. The number of ether oxygens (including phenoxy) is 2. The number of hydrogen-bond donors (Lipinski definition) is 1. The Morgan fingerprint density at radius 1 is 1.39 bits per heavy atom. The van der Waals surface area contributed by atoms with Gasteiger partial charge in [-0.05, 0) is 62.5 Å². The van der Waals surface area contributed by atoms with Gasteiger partial charge in [-0.2, -0.15) is 0 Å². The van der Waals surface area contributed by atoms with Gasteiger partial charge in [-0.15, -0.1) is 0 Å². The maximum atomic E-state index is 13.0. The standard InChI is InChI=1S/C20H18BrClN2O3S/c1-3-26-18(25)16-17-14-9-11(21)7-8-15(14)27-20(16,2)24(19(28)23-17)13-6-4-5-12(22)10-13/h4-10,16-17H,3H2,1-2H3,(H,23,28)/t16-,17-,20-/m0/s1. The molecule has 2 heterocycles. The summed E-state index contributed by atoms with van der Waals surface area (Å²) in [6.07, 6.45) is 0. The molecule has 8 heteroatoms. The third kappa shape index (κ3) is 3.06. The van der Waals surface area contributed by atoms with Gasteiger partial charge in [-0.1, -0.05) is 33.6 Å². The minimum Gasteiger partial charge on any atom is -0.466 e. The number of benzene rings is 2. The first kappa shape index (κ1) is 19.5. The lowest BCUT2D eigenvalue weighted by atomic mass is 9.79. The first-order chi connectivity index (χ1) is 13.3. The summed E-state index contributed by atoms with van der Waals surface area (Å²) < 4.78 is 12.7. The molecule has 2 aliphatic heterocycles. The zero-order valence-corrected chi connectivity index (χ0v) is 18.4. The van der Waals surface area contributed by atoms with E-state index >= 15 is 0 Å². The molecule has 1 fully saturated rings. The number of thiocarbonyl (C=S) groups is 1. The molecule has 2 aliphatic rings. The number of rotatable bonds is 3. The molecular formula is C20H18BrClN2O3S. The largest absolute Gasteiger partial charge is 0.466 e. The third-order valence-electron chi connectivity index (χ3n) is 5.07. The number of halogens is 2. The molecule has 1 saturated heterocycles. The van der Waals surface area contributed by atoms with Crippen LogP contribution < -0.4 is 15.0 Å². The first-order valence-corrected chi connectivity index (χ1v) is 10.4. The monoisotopic (exact) mass is 480 g/mol. The molecule has 0 aromatic heterocycles. The maximum Gasteiger partial charge on any atom is 0.317 e. The zero-order valence-electron chi connectivity index (χ0n) is 15.2. The molecule has 146 valence electrons. The van der Waals surface area contributed by atoms with Crippen LogP contribution in [-0.2, 0) is 9.53 Å². The fourth-order valence-corrected chi connectivity index (χ4v) is 4.93. The fraction of sp³-hybridized carbons (Fsp3) is 0.300. The molecular weight excluding hydrogens is 464 g/mol. The molecule has 0 unspecified atom stereocenters. The van der Waals surface area contributed by atoms with E-state index in [1.807, 2.05) is 37.3 Å². The normalized spacial score (nSPS) is 25.4. The van der Waals surface area contributed by atoms with Crippen molar-refractivity contribution >= 4 is 56.5 Å². The van der Waals surface area contributed by atoms with E-state index in [4.69, 9.17) is 33.3 Å². The molecule has 1 N–H and O–H groups in total. The average molecular weight is 482 g/mol. The summed E-state index contributed by atoms with van der Waals surface area (Å²) in [6.45, 7) is 3.93. The van der Waals surface area contributed by atoms with Crippen molar-refractivity contribution in [3.05, 3.63) is 57.5 Å². The first-order valence-electron chi connectivity index (χ1n) is 8.86. The van der Waals surface area contributed by atoms with Crippen LogP contribution in [0.1, 0.15) is 25.5 Å². The Hall–Kier alpha value is -1.83. The topological polar surface area (TPSA) is 50.8 Å². The molecule has 0 radical (unpaired) electrons. The summed E-state index contributed by atoms with van der Waals surface area (Å²) in [7, 11) is 0. The number of fused-ring (bicyclic) bond motifs is 4. The van der Waals surface area contributed by atoms with Crippen molar-refractivity contribution in [2.45, 2.75) is 25.6 Å². The van der Waals surface area contributed by atoms with E-state index < -0.39 is 11.6 Å². The molecule has 3 atom stereocenters. The van der Waals surface area contributed by atoms with Gasteiger partial charge in [0.1, 0.15) is 11.7 Å². The van der Waals surface area contributed by atoms with Crippen LogP contribution in [0.2, 0.25) is 5.02 Å². The van der Waals surface area contributed by atoms with E-state index in [1.54, 1.807) is 24.0 Å². The summed E-state index contributed by atoms with van der Waals surface area (Å²) >= 11 is 15.4. The second-order valence-electron chi connectivity index (χ2n) is 6.81. The number of hydrogen-bond acceptors (Lipinski definition) is 4.